The predicted octanol–water partition coefficient (Wildman–Crippen LogP) is 1.71. The zero-order chi connectivity index (χ0) is 10.7. The number of nitrogens with one attached hydrogen (secondary N) is 1. The van der Waals surface area contributed by atoms with Crippen molar-refractivity contribution in [3.63, 3.8) is 0 Å². The second-order valence-electron chi connectivity index (χ2n) is 4.01. The Bertz CT molecular complexity index is 359. The van der Waals surface area contributed by atoms with Crippen LogP contribution in [0.25, 0.3) is 0 Å². The van der Waals surface area contributed by atoms with Crippen molar-refractivity contribution in [1.82, 2.24) is 0 Å². The fourth-order valence-electron chi connectivity index (χ4n) is 1.72. The lowest BCUT2D eigenvalue weighted by atomic mass is 10.1. The third-order valence-corrected chi connectivity index (χ3v) is 2.81. The van der Waals surface area contributed by atoms with Crippen molar-refractivity contribution in [1.29, 1.82) is 5.26 Å². The third kappa shape index (κ3) is 2.48. The van der Waals surface area contributed by atoms with Gasteiger partial charge in [-0.15, -0.1) is 0 Å². The largest absolute Gasteiger partial charge is 0.381 e. The molecule has 0 heterocycles. The highest BCUT2D eigenvalue weighted by Crippen LogP contribution is 2.33. The molecule has 0 aromatic heterocycles. The molecule has 1 fully saturated rings. The molecule has 1 aliphatic rings. The van der Waals surface area contributed by atoms with E-state index in [1.54, 1.807) is 0 Å². The summed E-state index contributed by atoms with van der Waals surface area (Å²) < 4.78 is 0. The molecule has 3 heteroatoms. The Labute approximate surface area is 89.9 Å². The number of anilines is 1. The maximum Gasteiger partial charge on any atom is 0.0991 e. The second kappa shape index (κ2) is 4.33. The molecular formula is C12H15N3. The van der Waals surface area contributed by atoms with Crippen LogP contribution in [0.2, 0.25) is 0 Å². The number of hydrogen-bond acceptors (Lipinski definition) is 3. The molecule has 78 valence electrons. The molecule has 1 aliphatic carbocycles. The first-order chi connectivity index (χ1) is 7.33. The average molecular weight is 201 g/mol. The summed E-state index contributed by atoms with van der Waals surface area (Å²) in [5, 5.41) is 12.1. The number of nitrogens with two attached hydrogens (primary N) is 1. The lowest BCUT2D eigenvalue weighted by Crippen LogP contribution is -2.30. The molecule has 0 spiro atoms. The van der Waals surface area contributed by atoms with Crippen LogP contribution in [-0.2, 0) is 0 Å². The second-order valence-corrected chi connectivity index (χ2v) is 4.01. The van der Waals surface area contributed by atoms with Gasteiger partial charge in [-0.2, -0.15) is 5.26 Å². The Balaban J connectivity index is 2.00. The van der Waals surface area contributed by atoms with Crippen molar-refractivity contribution in [3.8, 4) is 6.07 Å². The van der Waals surface area contributed by atoms with E-state index >= 15 is 0 Å². The minimum Gasteiger partial charge on any atom is -0.381 e. The van der Waals surface area contributed by atoms with Crippen molar-refractivity contribution in [3.05, 3.63) is 29.8 Å². The van der Waals surface area contributed by atoms with E-state index in [2.05, 4.69) is 11.4 Å². The van der Waals surface area contributed by atoms with Crippen LogP contribution in [0, 0.1) is 17.2 Å². The Hall–Kier alpha value is -1.53. The van der Waals surface area contributed by atoms with Gasteiger partial charge < -0.3 is 11.1 Å². The number of nitriles is 1. The fraction of sp³-hybridized carbons (Fsp3) is 0.417. The van der Waals surface area contributed by atoms with Gasteiger partial charge in [0.05, 0.1) is 11.6 Å². The molecule has 0 aliphatic heterocycles. The fourth-order valence-corrected chi connectivity index (χ4v) is 1.72. The van der Waals surface area contributed by atoms with Crippen LogP contribution < -0.4 is 11.1 Å². The van der Waals surface area contributed by atoms with Gasteiger partial charge in [-0.1, -0.05) is 0 Å². The van der Waals surface area contributed by atoms with Crippen LogP contribution in [0.3, 0.4) is 0 Å². The lowest BCUT2D eigenvalue weighted by Gasteiger charge is -2.17. The highest BCUT2D eigenvalue weighted by molar-refractivity contribution is 5.48. The maximum atomic E-state index is 8.66. The van der Waals surface area contributed by atoms with Crippen molar-refractivity contribution in [2.24, 2.45) is 11.7 Å². The molecule has 0 saturated heterocycles. The molecule has 1 atom stereocenters. The van der Waals surface area contributed by atoms with Crippen molar-refractivity contribution < 1.29 is 0 Å². The molecule has 0 bridgehead atoms. The van der Waals surface area contributed by atoms with Gasteiger partial charge in [-0.3, -0.25) is 0 Å². The first-order valence-corrected chi connectivity index (χ1v) is 5.30. The summed E-state index contributed by atoms with van der Waals surface area (Å²) in [6, 6.07) is 10.0. The Morgan fingerprint density at radius 1 is 1.40 bits per heavy atom. The first-order valence-electron chi connectivity index (χ1n) is 5.30. The molecule has 1 saturated carbocycles. The van der Waals surface area contributed by atoms with Gasteiger partial charge >= 0.3 is 0 Å². The smallest absolute Gasteiger partial charge is 0.0991 e. The van der Waals surface area contributed by atoms with Crippen LogP contribution in [0.1, 0.15) is 18.4 Å². The van der Waals surface area contributed by atoms with Gasteiger partial charge in [0, 0.05) is 18.3 Å². The van der Waals surface area contributed by atoms with E-state index in [0.29, 0.717) is 18.2 Å². The van der Waals surface area contributed by atoms with Crippen LogP contribution in [0.4, 0.5) is 5.69 Å². The molecule has 0 amide bonds. The van der Waals surface area contributed by atoms with Crippen molar-refractivity contribution >= 4 is 5.69 Å². The van der Waals surface area contributed by atoms with E-state index in [4.69, 9.17) is 11.0 Å². The number of benzene rings is 1. The highest BCUT2D eigenvalue weighted by atomic mass is 15.0. The summed E-state index contributed by atoms with van der Waals surface area (Å²) in [5.41, 5.74) is 7.45. The van der Waals surface area contributed by atoms with Gasteiger partial charge in [0.2, 0.25) is 0 Å². The summed E-state index contributed by atoms with van der Waals surface area (Å²) in [4.78, 5) is 0. The first kappa shape index (κ1) is 10.0. The molecule has 1 aromatic carbocycles. The van der Waals surface area contributed by atoms with Crippen LogP contribution >= 0.6 is 0 Å². The summed E-state index contributed by atoms with van der Waals surface area (Å²) >= 11 is 0. The summed E-state index contributed by atoms with van der Waals surface area (Å²) in [5.74, 6) is 0.741. The minimum atomic E-state index is 0.387. The van der Waals surface area contributed by atoms with Gasteiger partial charge in [0.15, 0.2) is 0 Å². The van der Waals surface area contributed by atoms with E-state index in [1.807, 2.05) is 24.3 Å². The van der Waals surface area contributed by atoms with Gasteiger partial charge in [-0.25, -0.2) is 0 Å². The van der Waals surface area contributed by atoms with E-state index in [0.717, 1.165) is 11.6 Å². The van der Waals surface area contributed by atoms with Gasteiger partial charge in [0.25, 0.3) is 0 Å². The van der Waals surface area contributed by atoms with E-state index in [-0.39, 0.29) is 0 Å². The van der Waals surface area contributed by atoms with Gasteiger partial charge in [0.1, 0.15) is 0 Å². The molecule has 3 nitrogen and oxygen atoms in total. The minimum absolute atomic E-state index is 0.387. The standard InChI is InChI=1S/C12H15N3/c13-7-9-1-5-11(6-2-9)15-12(8-14)10-3-4-10/h1-2,5-6,10,12,15H,3-4,8,14H2. The third-order valence-electron chi connectivity index (χ3n) is 2.81. The molecule has 1 aromatic rings. The molecule has 0 radical (unpaired) electrons. The van der Waals surface area contributed by atoms with Crippen molar-refractivity contribution in [2.75, 3.05) is 11.9 Å². The van der Waals surface area contributed by atoms with E-state index < -0.39 is 0 Å². The zero-order valence-corrected chi connectivity index (χ0v) is 8.61. The summed E-state index contributed by atoms with van der Waals surface area (Å²) in [6.07, 6.45) is 2.57. The Morgan fingerprint density at radius 2 is 2.07 bits per heavy atom. The van der Waals surface area contributed by atoms with Crippen LogP contribution in [0.5, 0.6) is 0 Å². The SMILES string of the molecule is N#Cc1ccc(NC(CN)C2CC2)cc1. The summed E-state index contributed by atoms with van der Waals surface area (Å²) in [7, 11) is 0. The van der Waals surface area contributed by atoms with E-state index in [1.165, 1.54) is 12.8 Å². The normalized spacial score (nSPS) is 16.8. The van der Waals surface area contributed by atoms with Crippen LogP contribution in [0.15, 0.2) is 24.3 Å². The van der Waals surface area contributed by atoms with Crippen molar-refractivity contribution in [2.45, 2.75) is 18.9 Å². The number of nitrogens with zero attached hydrogens (tertiary/aromatic N) is 1. The quantitative estimate of drug-likeness (QED) is 0.779. The predicted molar refractivity (Wildman–Crippen MR) is 60.3 cm³/mol. The Morgan fingerprint density at radius 3 is 2.53 bits per heavy atom. The van der Waals surface area contributed by atoms with Gasteiger partial charge in [-0.05, 0) is 43.0 Å². The maximum absolute atomic E-state index is 8.66. The molecule has 2 rings (SSSR count). The average Bonchev–Trinajstić information content (AvgIpc) is 3.10. The highest BCUT2D eigenvalue weighted by Gasteiger charge is 2.29. The molecule has 15 heavy (non-hydrogen) atoms. The molecule has 1 unspecified atom stereocenters. The molecular weight excluding hydrogens is 186 g/mol. The number of hydrogen-bond donors (Lipinski definition) is 2. The topological polar surface area (TPSA) is 61.8 Å². The van der Waals surface area contributed by atoms with Crippen LogP contribution in [-0.4, -0.2) is 12.6 Å². The Kier molecular flexibility index (Phi) is 2.89. The lowest BCUT2D eigenvalue weighted by molar-refractivity contribution is 0.645. The zero-order valence-electron chi connectivity index (χ0n) is 8.61. The monoisotopic (exact) mass is 201 g/mol. The van der Waals surface area contributed by atoms with E-state index in [9.17, 15) is 0 Å². The summed E-state index contributed by atoms with van der Waals surface area (Å²) in [6.45, 7) is 0.671. The number of rotatable bonds is 4. The molecule has 3 N–H and O–H groups in total.